The van der Waals surface area contributed by atoms with Crippen molar-refractivity contribution in [2.24, 2.45) is 0 Å². The third kappa shape index (κ3) is 5.08. The number of nitrogens with one attached hydrogen (secondary N) is 1. The number of nitrogens with two attached hydrogens (primary N) is 1. The molecule has 3 aliphatic heterocycles. The van der Waals surface area contributed by atoms with Crippen molar-refractivity contribution in [2.75, 3.05) is 18.9 Å². The molecular weight excluding hydrogens is 674 g/mol. The molecule has 3 aliphatic rings. The first kappa shape index (κ1) is 30.6. The van der Waals surface area contributed by atoms with E-state index in [1.807, 2.05) is 0 Å². The Hall–Kier alpha value is -3.70. The van der Waals surface area contributed by atoms with Gasteiger partial charge in [-0.15, -0.1) is 0 Å². The summed E-state index contributed by atoms with van der Waals surface area (Å²) in [7, 11) is -10.2. The highest BCUT2D eigenvalue weighted by atomic mass is 31.2. The number of aliphatic hydroxyl groups is 2. The summed E-state index contributed by atoms with van der Waals surface area (Å²) in [6.45, 7) is -1.62. The number of H-pyrrole nitrogens is 1. The van der Waals surface area contributed by atoms with Crippen LogP contribution < -0.4 is 11.3 Å². The van der Waals surface area contributed by atoms with Crippen molar-refractivity contribution >= 4 is 49.6 Å². The van der Waals surface area contributed by atoms with E-state index in [0.717, 1.165) is 6.33 Å². The molecule has 0 aromatic carbocycles. The second-order valence-electron chi connectivity index (χ2n) is 10.8. The van der Waals surface area contributed by atoms with Gasteiger partial charge in [0.15, 0.2) is 29.4 Å². The number of ether oxygens (including phenoxy) is 2. The molecule has 7 N–H and O–H groups in total. The lowest BCUT2D eigenvalue weighted by Crippen LogP contribution is -2.36. The molecular formula is C22H24N10O13P2. The quantitative estimate of drug-likeness (QED) is 0.112. The van der Waals surface area contributed by atoms with Crippen LogP contribution >= 0.6 is 15.6 Å². The molecule has 8 heterocycles. The second-order valence-corrected chi connectivity index (χ2v) is 13.6. The lowest BCUT2D eigenvalue weighted by molar-refractivity contribution is -0.0672. The van der Waals surface area contributed by atoms with Crippen LogP contribution in [0.5, 0.6) is 0 Å². The molecule has 5 aromatic heterocycles. The largest absolute Gasteiger partial charge is 0.472 e. The molecule has 0 radical (unpaired) electrons. The van der Waals surface area contributed by atoms with Crippen molar-refractivity contribution in [1.29, 1.82) is 0 Å². The average Bonchev–Trinajstić information content (AvgIpc) is 3.85. The third-order valence-electron chi connectivity index (χ3n) is 7.96. The molecule has 25 heteroatoms. The number of aromatic amines is 1. The zero-order valence-corrected chi connectivity index (χ0v) is 25.2. The smallest absolute Gasteiger partial charge is 0.387 e. The van der Waals surface area contributed by atoms with Gasteiger partial charge in [0.2, 0.25) is 5.78 Å². The first-order valence-corrected chi connectivity index (χ1v) is 16.7. The van der Waals surface area contributed by atoms with Crippen molar-refractivity contribution in [3.05, 3.63) is 41.7 Å². The highest BCUT2D eigenvalue weighted by Crippen LogP contribution is 2.53. The van der Waals surface area contributed by atoms with E-state index in [4.69, 9.17) is 33.3 Å². The van der Waals surface area contributed by atoms with E-state index in [2.05, 4.69) is 29.9 Å². The maximum absolute atomic E-state index is 13.3. The number of anilines is 1. The highest BCUT2D eigenvalue weighted by molar-refractivity contribution is 7.47. The molecule has 3 fully saturated rings. The minimum absolute atomic E-state index is 0.0391. The van der Waals surface area contributed by atoms with E-state index >= 15 is 0 Å². The van der Waals surface area contributed by atoms with Crippen LogP contribution in [0.3, 0.4) is 0 Å². The zero-order valence-electron chi connectivity index (χ0n) is 23.4. The summed E-state index contributed by atoms with van der Waals surface area (Å²) in [5, 5.41) is 22.3. The van der Waals surface area contributed by atoms with E-state index in [1.165, 1.54) is 38.6 Å². The van der Waals surface area contributed by atoms with E-state index in [9.17, 15) is 33.9 Å². The molecule has 23 nitrogen and oxygen atoms in total. The molecule has 2 unspecified atom stereocenters. The molecule has 2 bridgehead atoms. The maximum Gasteiger partial charge on any atom is 0.472 e. The van der Waals surface area contributed by atoms with Crippen LogP contribution in [0.25, 0.3) is 28.1 Å². The van der Waals surface area contributed by atoms with Gasteiger partial charge in [-0.25, -0.2) is 38.5 Å². The lowest BCUT2D eigenvalue weighted by atomic mass is 10.1. The van der Waals surface area contributed by atoms with Gasteiger partial charge in [-0.1, -0.05) is 0 Å². The summed E-state index contributed by atoms with van der Waals surface area (Å²) in [4.78, 5) is 57.4. The number of aromatic nitrogens is 9. The highest BCUT2D eigenvalue weighted by Gasteiger charge is 2.54. The molecule has 250 valence electrons. The molecule has 0 saturated carbocycles. The Morgan fingerprint density at radius 2 is 1.53 bits per heavy atom. The van der Waals surface area contributed by atoms with Gasteiger partial charge in [0.05, 0.1) is 25.9 Å². The van der Waals surface area contributed by atoms with Crippen molar-refractivity contribution in [3.63, 3.8) is 0 Å². The number of nitrogens with zero attached hydrogens (tertiary/aromatic N) is 8. The Morgan fingerprint density at radius 1 is 0.851 bits per heavy atom. The van der Waals surface area contributed by atoms with Crippen LogP contribution in [0.15, 0.2) is 36.2 Å². The van der Waals surface area contributed by atoms with Crippen LogP contribution in [-0.4, -0.2) is 113 Å². The number of imidazole rings is 3. The van der Waals surface area contributed by atoms with Gasteiger partial charge in [-0.05, 0) is 0 Å². The molecule has 10 atom stereocenters. The molecule has 0 amide bonds. The van der Waals surface area contributed by atoms with Crippen LogP contribution in [0.1, 0.15) is 12.5 Å². The number of aliphatic hydroxyl groups excluding tert-OH is 2. The molecule has 0 aliphatic carbocycles. The number of phosphoric ester groups is 2. The molecule has 0 spiro atoms. The Balaban J connectivity index is 1.12. The maximum atomic E-state index is 13.3. The van der Waals surface area contributed by atoms with Crippen LogP contribution in [0.4, 0.5) is 5.82 Å². The summed E-state index contributed by atoms with van der Waals surface area (Å²) < 4.78 is 62.9. The van der Waals surface area contributed by atoms with Crippen molar-refractivity contribution < 1.29 is 56.7 Å². The van der Waals surface area contributed by atoms with E-state index in [-0.39, 0.29) is 33.9 Å². The van der Waals surface area contributed by atoms with E-state index in [1.54, 1.807) is 0 Å². The van der Waals surface area contributed by atoms with Gasteiger partial charge in [0.25, 0.3) is 5.56 Å². The zero-order chi connectivity index (χ0) is 32.8. The second kappa shape index (κ2) is 10.9. The lowest BCUT2D eigenvalue weighted by Gasteiger charge is -2.25. The van der Waals surface area contributed by atoms with Gasteiger partial charge in [0, 0.05) is 12.4 Å². The summed E-state index contributed by atoms with van der Waals surface area (Å²) in [6, 6.07) is 0. The fourth-order valence-corrected chi connectivity index (χ4v) is 7.68. The van der Waals surface area contributed by atoms with Gasteiger partial charge in [-0.3, -0.25) is 32.0 Å². The van der Waals surface area contributed by atoms with Crippen LogP contribution in [0.2, 0.25) is 0 Å². The fraction of sp³-hybridized carbons (Fsp3) is 0.455. The van der Waals surface area contributed by atoms with Gasteiger partial charge < -0.3 is 40.2 Å². The predicted octanol–water partition coefficient (Wildman–Crippen LogP) is -1.67. The number of phosphoric acid groups is 2. The number of hydrogen-bond acceptors (Lipinski definition) is 17. The van der Waals surface area contributed by atoms with Crippen molar-refractivity contribution in [3.8, 4) is 0 Å². The number of nitrogen functional groups attached to an aromatic ring is 1. The summed E-state index contributed by atoms with van der Waals surface area (Å²) >= 11 is 0. The standard InChI is InChI=1S/C22H24N10O13P2/c23-16-10-17(26-5-25-16)31(6-27-10)20-13(34)14-9(43-20)4-41-47(38,39)45-15-12(33)8(3-40-46(36,37)44-14)42-21(15)32-7-28-11-18(32)29-22-24-1-2-30(22)19(11)35/h1-2,5-9,12-15,20-21,33-34H,3-4H2,(H,24,29)(H,36,37)(H,38,39)(H2,23,25,26)/t8-,9-,12-,13-,14-,15-,20-,21-/m1/s1. The first-order chi connectivity index (χ1) is 22.4. The van der Waals surface area contributed by atoms with Crippen LogP contribution in [-0.2, 0) is 36.7 Å². The van der Waals surface area contributed by atoms with Crippen molar-refractivity contribution in [1.82, 2.24) is 43.4 Å². The molecule has 8 rings (SSSR count). The van der Waals surface area contributed by atoms with Gasteiger partial charge in [-0.2, -0.15) is 0 Å². The molecule has 47 heavy (non-hydrogen) atoms. The Kier molecular flexibility index (Phi) is 7.11. The topological polar surface area (TPSA) is 308 Å². The minimum atomic E-state index is -5.11. The number of rotatable bonds is 2. The number of hydrogen-bond donors (Lipinski definition) is 6. The van der Waals surface area contributed by atoms with Crippen molar-refractivity contribution in [2.45, 2.75) is 49.1 Å². The van der Waals surface area contributed by atoms with E-state index in [0.29, 0.717) is 0 Å². The Labute approximate surface area is 259 Å². The Morgan fingerprint density at radius 3 is 2.32 bits per heavy atom. The van der Waals surface area contributed by atoms with Crippen LogP contribution in [0, 0.1) is 0 Å². The normalized spacial score (nSPS) is 36.8. The number of fused-ring (bicyclic) bond motifs is 6. The monoisotopic (exact) mass is 698 g/mol. The van der Waals surface area contributed by atoms with Gasteiger partial charge in [0.1, 0.15) is 54.1 Å². The summed E-state index contributed by atoms with van der Waals surface area (Å²) in [5.41, 5.74) is 5.64. The van der Waals surface area contributed by atoms with E-state index < -0.39 is 83.5 Å². The predicted molar refractivity (Wildman–Crippen MR) is 150 cm³/mol. The summed E-state index contributed by atoms with van der Waals surface area (Å²) in [5.74, 6) is 0.181. The first-order valence-electron chi connectivity index (χ1n) is 13.7. The SMILES string of the molecule is Nc1ncnc2c1ncn2[C@@H]1O[C@@H]2COP(=O)(O)O[C@@H]3[C@H](O)[C@@H](COP(=O)(O)O[C@H]2[C@H]1O)O[C@H]3n1cnc2c(=O)n3ccnc3[nH]c21. The fourth-order valence-electron chi connectivity index (χ4n) is 5.78. The molecule has 3 saturated heterocycles. The minimum Gasteiger partial charge on any atom is -0.387 e. The Bertz CT molecular complexity index is 2170. The molecule has 5 aromatic rings. The third-order valence-corrected chi connectivity index (χ3v) is 9.93. The summed E-state index contributed by atoms with van der Waals surface area (Å²) in [6.07, 6.45) is -6.18. The average molecular weight is 698 g/mol. The van der Waals surface area contributed by atoms with Gasteiger partial charge >= 0.3 is 15.6 Å².